The number of carboxylic acid groups (broad SMARTS) is 1. The predicted molar refractivity (Wildman–Crippen MR) is 167 cm³/mol. The van der Waals surface area contributed by atoms with E-state index in [2.05, 4.69) is 77.5 Å². The van der Waals surface area contributed by atoms with Crippen LogP contribution < -0.4 is 0 Å². The number of Topliss-reactive ketones (excluding diaryl/α,β-unsaturated/α-hetero) is 1. The maximum Gasteiger partial charge on any atom is 0.306 e. The smallest absolute Gasteiger partial charge is 0.306 e. The van der Waals surface area contributed by atoms with Crippen LogP contribution in [0, 0.1) is 23.7 Å². The van der Waals surface area contributed by atoms with E-state index in [4.69, 9.17) is 5.11 Å². The number of carboxylic acids is 1. The third kappa shape index (κ3) is 7.58. The summed E-state index contributed by atoms with van der Waals surface area (Å²) in [5, 5.41) is 13.5. The highest BCUT2D eigenvalue weighted by molar-refractivity contribution is 7.10. The average molecular weight is 571 g/mol. The normalized spacial score (nSPS) is 22.0. The molecule has 0 bridgehead atoms. The molecule has 0 spiro atoms. The fourth-order valence-corrected chi connectivity index (χ4v) is 8.24. The van der Waals surface area contributed by atoms with E-state index in [1.165, 1.54) is 38.4 Å². The second kappa shape index (κ2) is 13.6. The van der Waals surface area contributed by atoms with Gasteiger partial charge < -0.3 is 5.11 Å². The Kier molecular flexibility index (Phi) is 9.66. The Bertz CT molecular complexity index is 1280. The highest BCUT2D eigenvalue weighted by atomic mass is 32.1. The van der Waals surface area contributed by atoms with Gasteiger partial charge >= 0.3 is 5.97 Å². The first-order valence-electron chi connectivity index (χ1n) is 14.4. The van der Waals surface area contributed by atoms with Crippen LogP contribution in [-0.4, -0.2) is 16.9 Å². The Balaban J connectivity index is 0.000000161. The van der Waals surface area contributed by atoms with Crippen LogP contribution in [0.1, 0.15) is 55.2 Å². The third-order valence-corrected chi connectivity index (χ3v) is 10.4. The molecule has 6 rings (SSSR count). The van der Waals surface area contributed by atoms with Crippen molar-refractivity contribution in [1.82, 2.24) is 0 Å². The summed E-state index contributed by atoms with van der Waals surface area (Å²) in [6.45, 7) is 1.74. The fraction of sp³-hybridized carbons (Fsp3) is 0.371. The summed E-state index contributed by atoms with van der Waals surface area (Å²) in [6.07, 6.45) is 8.30. The summed E-state index contributed by atoms with van der Waals surface area (Å²) in [4.78, 5) is 25.3. The molecule has 4 aromatic rings. The molecule has 3 nitrogen and oxygen atoms in total. The molecule has 2 saturated carbocycles. The molecule has 2 aromatic heterocycles. The maximum atomic E-state index is 11.4. The van der Waals surface area contributed by atoms with Gasteiger partial charge in [0.1, 0.15) is 5.78 Å². The average Bonchev–Trinajstić information content (AvgIpc) is 3.78. The molecular weight excluding hydrogens is 533 g/mol. The van der Waals surface area contributed by atoms with Crippen molar-refractivity contribution in [3.05, 3.63) is 93.3 Å². The van der Waals surface area contributed by atoms with E-state index >= 15 is 0 Å². The fourth-order valence-electron chi connectivity index (χ4n) is 6.22. The van der Waals surface area contributed by atoms with Crippen LogP contribution in [0.25, 0.3) is 22.3 Å². The minimum absolute atomic E-state index is 0.117. The Hall–Kier alpha value is -3.02. The zero-order valence-electron chi connectivity index (χ0n) is 23.1. The summed E-state index contributed by atoms with van der Waals surface area (Å²) in [7, 11) is 0. The van der Waals surface area contributed by atoms with Gasteiger partial charge in [0.05, 0.1) is 5.92 Å². The first-order valence-corrected chi connectivity index (χ1v) is 16.2. The minimum Gasteiger partial charge on any atom is -0.481 e. The van der Waals surface area contributed by atoms with Gasteiger partial charge in [0.15, 0.2) is 0 Å². The molecule has 40 heavy (non-hydrogen) atoms. The van der Waals surface area contributed by atoms with Gasteiger partial charge in [-0.1, -0.05) is 60.7 Å². The molecule has 208 valence electrons. The van der Waals surface area contributed by atoms with E-state index < -0.39 is 5.97 Å². The van der Waals surface area contributed by atoms with Crippen LogP contribution in [0.3, 0.4) is 0 Å². The summed E-state index contributed by atoms with van der Waals surface area (Å²) in [5.74, 6) is 1.21. The lowest BCUT2D eigenvalue weighted by Gasteiger charge is -2.07. The number of carbonyl (C=O) groups is 2. The first kappa shape index (κ1) is 28.5. The number of rotatable bonds is 8. The van der Waals surface area contributed by atoms with Gasteiger partial charge in [-0.05, 0) is 115 Å². The molecule has 2 aromatic carbocycles. The first-order chi connectivity index (χ1) is 19.4. The molecule has 2 fully saturated rings. The van der Waals surface area contributed by atoms with Crippen molar-refractivity contribution in [3.8, 4) is 22.3 Å². The lowest BCUT2D eigenvalue weighted by atomic mass is 9.98. The second-order valence-electron chi connectivity index (χ2n) is 11.4. The molecule has 4 atom stereocenters. The zero-order valence-corrected chi connectivity index (χ0v) is 24.8. The van der Waals surface area contributed by atoms with Crippen molar-refractivity contribution >= 4 is 34.4 Å². The maximum absolute atomic E-state index is 11.4. The van der Waals surface area contributed by atoms with Crippen molar-refractivity contribution in [2.45, 2.75) is 58.3 Å². The molecule has 2 aliphatic rings. The number of aliphatic carboxylic acids is 1. The van der Waals surface area contributed by atoms with Crippen molar-refractivity contribution in [2.75, 3.05) is 0 Å². The van der Waals surface area contributed by atoms with Gasteiger partial charge in [-0.25, -0.2) is 0 Å². The van der Waals surface area contributed by atoms with Gasteiger partial charge in [0.2, 0.25) is 0 Å². The predicted octanol–water partition coefficient (Wildman–Crippen LogP) is 9.42. The van der Waals surface area contributed by atoms with E-state index in [1.54, 1.807) is 18.3 Å². The molecule has 1 N–H and O–H groups in total. The van der Waals surface area contributed by atoms with Crippen LogP contribution in [0.2, 0.25) is 0 Å². The van der Waals surface area contributed by atoms with Gasteiger partial charge in [-0.15, -0.1) is 22.7 Å². The molecule has 2 aliphatic carbocycles. The summed E-state index contributed by atoms with van der Waals surface area (Å²) in [6, 6.07) is 25.5. The van der Waals surface area contributed by atoms with Crippen molar-refractivity contribution in [3.63, 3.8) is 0 Å². The molecular formula is C35H38O3S2. The Morgan fingerprint density at radius 3 is 1.52 bits per heavy atom. The summed E-state index contributed by atoms with van der Waals surface area (Å²) < 4.78 is 0. The van der Waals surface area contributed by atoms with Crippen LogP contribution >= 0.6 is 22.7 Å². The lowest BCUT2D eigenvalue weighted by molar-refractivity contribution is -0.141. The third-order valence-electron chi connectivity index (χ3n) is 8.51. The van der Waals surface area contributed by atoms with Crippen molar-refractivity contribution in [2.24, 2.45) is 23.7 Å². The highest BCUT2D eigenvalue weighted by Crippen LogP contribution is 2.37. The molecule has 0 aliphatic heterocycles. The number of hydrogen-bond acceptors (Lipinski definition) is 4. The van der Waals surface area contributed by atoms with E-state index in [9.17, 15) is 9.59 Å². The SMILES string of the molecule is CC(=O)[C@@H]1CC[C@@H](Cc2cc(-c3ccccc3)cs2)C1.O=C(O)[C@@H]1CC[C@@H](Cc2cc(-c3ccccc3)cs2)C1. The summed E-state index contributed by atoms with van der Waals surface area (Å²) >= 11 is 3.65. The standard InChI is InChI=1S/C18H20OS.C17H18O2S/c1-13(19)16-8-7-14(9-16)10-18-11-17(12-20-18)15-5-3-2-4-6-15;18-17(19)14-7-6-12(8-14)9-16-10-15(11-20-16)13-4-2-1-3-5-13/h2-6,11-12,14,16H,7-10H2,1H3;1-5,10-12,14H,6-9H2,(H,18,19)/t14-,16-;12-,14-/m11/s1. The zero-order chi connectivity index (χ0) is 27.9. The number of thiophene rings is 2. The van der Waals surface area contributed by atoms with Crippen LogP contribution in [0.15, 0.2) is 83.6 Å². The van der Waals surface area contributed by atoms with E-state index in [1.807, 2.05) is 17.4 Å². The molecule has 0 saturated heterocycles. The topological polar surface area (TPSA) is 54.4 Å². The van der Waals surface area contributed by atoms with Crippen LogP contribution in [-0.2, 0) is 22.4 Å². The van der Waals surface area contributed by atoms with Gasteiger partial charge in [-0.2, -0.15) is 0 Å². The molecule has 5 heteroatoms. The van der Waals surface area contributed by atoms with Crippen LogP contribution in [0.4, 0.5) is 0 Å². The van der Waals surface area contributed by atoms with Crippen LogP contribution in [0.5, 0.6) is 0 Å². The Morgan fingerprint density at radius 2 is 1.12 bits per heavy atom. The Labute approximate surface area is 245 Å². The molecule has 0 unspecified atom stereocenters. The second-order valence-corrected chi connectivity index (χ2v) is 13.4. The largest absolute Gasteiger partial charge is 0.481 e. The quantitative estimate of drug-likeness (QED) is 0.230. The van der Waals surface area contributed by atoms with E-state index in [0.29, 0.717) is 23.5 Å². The van der Waals surface area contributed by atoms with E-state index in [-0.39, 0.29) is 5.92 Å². The molecule has 2 heterocycles. The van der Waals surface area contributed by atoms with Gasteiger partial charge in [-0.3, -0.25) is 9.59 Å². The monoisotopic (exact) mass is 570 g/mol. The Morgan fingerprint density at radius 1 is 0.675 bits per heavy atom. The van der Waals surface area contributed by atoms with E-state index in [0.717, 1.165) is 44.9 Å². The number of benzene rings is 2. The number of hydrogen-bond donors (Lipinski definition) is 1. The number of ketones is 1. The number of carbonyl (C=O) groups excluding carboxylic acids is 1. The van der Waals surface area contributed by atoms with Gasteiger partial charge in [0, 0.05) is 15.7 Å². The highest BCUT2D eigenvalue weighted by Gasteiger charge is 2.30. The molecule has 0 radical (unpaired) electrons. The van der Waals surface area contributed by atoms with Gasteiger partial charge in [0.25, 0.3) is 0 Å². The summed E-state index contributed by atoms with van der Waals surface area (Å²) in [5.41, 5.74) is 5.15. The molecule has 0 amide bonds. The van der Waals surface area contributed by atoms with Crippen molar-refractivity contribution in [1.29, 1.82) is 0 Å². The lowest BCUT2D eigenvalue weighted by Crippen LogP contribution is -2.10. The minimum atomic E-state index is -0.622. The van der Waals surface area contributed by atoms with Crippen molar-refractivity contribution < 1.29 is 14.7 Å².